The van der Waals surface area contributed by atoms with Gasteiger partial charge in [-0.1, -0.05) is 6.42 Å². The van der Waals surface area contributed by atoms with E-state index in [1.54, 1.807) is 7.05 Å². The van der Waals surface area contributed by atoms with Crippen molar-refractivity contribution in [2.75, 3.05) is 19.3 Å². The molecule has 2 rings (SSSR count). The number of carbonyl (C=O) groups excluding carboxylic acids is 3. The molecule has 3 amide bonds. The van der Waals surface area contributed by atoms with Gasteiger partial charge < -0.3 is 21.7 Å². The molecule has 0 bridgehead atoms. The molecule has 148 valence electrons. The molecule has 26 heavy (non-hydrogen) atoms. The third-order valence-corrected chi connectivity index (χ3v) is 6.86. The predicted octanol–water partition coefficient (Wildman–Crippen LogP) is 0.527. The molecule has 2 heterocycles. The lowest BCUT2D eigenvalue weighted by Gasteiger charge is -2.17. The summed E-state index contributed by atoms with van der Waals surface area (Å²) in [6.45, 7) is 0.641. The highest BCUT2D eigenvalue weighted by Crippen LogP contribution is 2.39. The lowest BCUT2D eigenvalue weighted by molar-refractivity contribution is -0.121. The second-order valence-electron chi connectivity index (χ2n) is 7.26. The summed E-state index contributed by atoms with van der Waals surface area (Å²) in [5, 5.41) is 9.44. The Labute approximate surface area is 160 Å². The summed E-state index contributed by atoms with van der Waals surface area (Å²) in [6.07, 6.45) is 6.60. The van der Waals surface area contributed by atoms with Crippen molar-refractivity contribution >= 4 is 29.5 Å². The van der Waals surface area contributed by atoms with Gasteiger partial charge in [0.25, 0.3) is 0 Å². The van der Waals surface area contributed by atoms with E-state index in [1.165, 1.54) is 0 Å². The summed E-state index contributed by atoms with van der Waals surface area (Å²) in [4.78, 5) is 34.4. The maximum Gasteiger partial charge on any atom is 0.234 e. The molecule has 2 aliphatic rings. The van der Waals surface area contributed by atoms with Crippen molar-refractivity contribution in [1.29, 1.82) is 0 Å². The van der Waals surface area contributed by atoms with Gasteiger partial charge >= 0.3 is 0 Å². The number of rotatable bonds is 12. The zero-order chi connectivity index (χ0) is 18.9. The third-order valence-electron chi connectivity index (χ3n) is 5.28. The van der Waals surface area contributed by atoms with Crippen LogP contribution in [0.25, 0.3) is 0 Å². The standard InChI is InChI=1S/C18H32N4O3S/c1-20-13(18(19)25)6-4-5-9-21-15(23)8-3-2-7-14-17-12(11-26-14)10-16(24)22-17/h12-14,17,20H,2-11H2,1H3,(H2,19,25)(H,21,23)(H,22,24)/t12-,13-,14?,17-/m0/s1. The van der Waals surface area contributed by atoms with Gasteiger partial charge in [0, 0.05) is 30.7 Å². The number of unbranched alkanes of at least 4 members (excludes halogenated alkanes) is 2. The van der Waals surface area contributed by atoms with Gasteiger partial charge in [0.2, 0.25) is 17.7 Å². The van der Waals surface area contributed by atoms with Crippen LogP contribution in [0.4, 0.5) is 0 Å². The highest BCUT2D eigenvalue weighted by molar-refractivity contribution is 8.00. The van der Waals surface area contributed by atoms with E-state index >= 15 is 0 Å². The van der Waals surface area contributed by atoms with Crippen LogP contribution in [0.3, 0.4) is 0 Å². The van der Waals surface area contributed by atoms with Gasteiger partial charge in [-0.05, 0) is 50.8 Å². The van der Waals surface area contributed by atoms with Gasteiger partial charge in [0.15, 0.2) is 0 Å². The van der Waals surface area contributed by atoms with Gasteiger partial charge in [0.1, 0.15) is 0 Å². The predicted molar refractivity (Wildman–Crippen MR) is 104 cm³/mol. The van der Waals surface area contributed by atoms with Crippen molar-refractivity contribution in [1.82, 2.24) is 16.0 Å². The van der Waals surface area contributed by atoms with Gasteiger partial charge in [-0.3, -0.25) is 14.4 Å². The highest BCUT2D eigenvalue weighted by Gasteiger charge is 2.42. The summed E-state index contributed by atoms with van der Waals surface area (Å²) in [7, 11) is 1.72. The molecule has 0 saturated carbocycles. The van der Waals surface area contributed by atoms with Crippen LogP contribution in [0.1, 0.15) is 51.4 Å². The molecule has 0 aromatic rings. The summed E-state index contributed by atoms with van der Waals surface area (Å²) < 4.78 is 0. The SMILES string of the molecule is CN[C@@H](CCCCNC(=O)CCCCC1SC[C@@H]2CC(=O)N[C@H]12)C(N)=O. The fourth-order valence-electron chi connectivity index (χ4n) is 3.75. The van der Waals surface area contributed by atoms with Crippen LogP contribution < -0.4 is 21.7 Å². The maximum absolute atomic E-state index is 11.9. The Hall–Kier alpha value is -1.28. The molecule has 0 radical (unpaired) electrons. The van der Waals surface area contributed by atoms with Gasteiger partial charge in [0.05, 0.1) is 6.04 Å². The molecular formula is C18H32N4O3S. The molecule has 5 N–H and O–H groups in total. The van der Waals surface area contributed by atoms with E-state index in [0.29, 0.717) is 43.0 Å². The monoisotopic (exact) mass is 384 g/mol. The Morgan fingerprint density at radius 2 is 2.12 bits per heavy atom. The quantitative estimate of drug-likeness (QED) is 0.367. The van der Waals surface area contributed by atoms with E-state index in [-0.39, 0.29) is 23.8 Å². The second kappa shape index (κ2) is 10.8. The smallest absolute Gasteiger partial charge is 0.234 e. The Morgan fingerprint density at radius 3 is 2.85 bits per heavy atom. The molecule has 2 fully saturated rings. The van der Waals surface area contributed by atoms with E-state index in [9.17, 15) is 14.4 Å². The van der Waals surface area contributed by atoms with E-state index in [2.05, 4.69) is 16.0 Å². The van der Waals surface area contributed by atoms with Crippen LogP contribution in [0.5, 0.6) is 0 Å². The number of nitrogens with two attached hydrogens (primary N) is 1. The Kier molecular flexibility index (Phi) is 8.71. The molecule has 2 aliphatic heterocycles. The van der Waals surface area contributed by atoms with Crippen LogP contribution >= 0.6 is 11.8 Å². The van der Waals surface area contributed by atoms with Crippen molar-refractivity contribution in [3.63, 3.8) is 0 Å². The molecule has 8 heteroatoms. The van der Waals surface area contributed by atoms with Gasteiger partial charge in [-0.25, -0.2) is 0 Å². The average Bonchev–Trinajstić information content (AvgIpc) is 3.14. The first-order valence-electron chi connectivity index (χ1n) is 9.65. The van der Waals surface area contributed by atoms with Crippen molar-refractivity contribution in [2.45, 2.75) is 68.7 Å². The van der Waals surface area contributed by atoms with E-state index < -0.39 is 0 Å². The van der Waals surface area contributed by atoms with Crippen molar-refractivity contribution in [3.8, 4) is 0 Å². The number of thioether (sulfide) groups is 1. The third kappa shape index (κ3) is 6.46. The van der Waals surface area contributed by atoms with Crippen LogP contribution in [0.2, 0.25) is 0 Å². The Bertz CT molecular complexity index is 503. The fourth-order valence-corrected chi connectivity index (χ4v) is 5.40. The van der Waals surface area contributed by atoms with Crippen molar-refractivity contribution in [2.24, 2.45) is 11.7 Å². The summed E-state index contributed by atoms with van der Waals surface area (Å²) >= 11 is 1.97. The Balaban J connectivity index is 1.47. The lowest BCUT2D eigenvalue weighted by atomic mass is 9.97. The number of amides is 3. The normalized spacial score (nSPS) is 25.6. The minimum Gasteiger partial charge on any atom is -0.368 e. The number of hydrogen-bond donors (Lipinski definition) is 4. The van der Waals surface area contributed by atoms with E-state index in [4.69, 9.17) is 5.73 Å². The summed E-state index contributed by atoms with van der Waals surface area (Å²) in [5.41, 5.74) is 5.27. The molecule has 0 aromatic heterocycles. The summed E-state index contributed by atoms with van der Waals surface area (Å²) in [5.74, 6) is 1.55. The van der Waals surface area contributed by atoms with Crippen molar-refractivity contribution < 1.29 is 14.4 Å². The number of hydrogen-bond acceptors (Lipinski definition) is 5. The molecule has 0 spiro atoms. The van der Waals surface area contributed by atoms with Crippen LogP contribution in [-0.2, 0) is 14.4 Å². The largest absolute Gasteiger partial charge is 0.368 e. The zero-order valence-corrected chi connectivity index (χ0v) is 16.4. The van der Waals surface area contributed by atoms with E-state index in [0.717, 1.165) is 37.9 Å². The molecule has 2 saturated heterocycles. The highest BCUT2D eigenvalue weighted by atomic mass is 32.2. The van der Waals surface area contributed by atoms with Crippen LogP contribution in [0.15, 0.2) is 0 Å². The lowest BCUT2D eigenvalue weighted by Crippen LogP contribution is -2.39. The minimum atomic E-state index is -0.333. The molecule has 1 unspecified atom stereocenters. The summed E-state index contributed by atoms with van der Waals surface area (Å²) in [6, 6.07) is 0.0616. The first-order valence-corrected chi connectivity index (χ1v) is 10.7. The van der Waals surface area contributed by atoms with Gasteiger partial charge in [-0.15, -0.1) is 0 Å². The first kappa shape index (κ1) is 21.0. The Morgan fingerprint density at radius 1 is 1.31 bits per heavy atom. The van der Waals surface area contributed by atoms with Crippen molar-refractivity contribution in [3.05, 3.63) is 0 Å². The van der Waals surface area contributed by atoms with Gasteiger partial charge in [-0.2, -0.15) is 11.8 Å². The number of likely N-dealkylation sites (N-methyl/N-ethyl adjacent to an activating group) is 1. The maximum atomic E-state index is 11.9. The number of primary amides is 1. The average molecular weight is 385 g/mol. The zero-order valence-electron chi connectivity index (χ0n) is 15.6. The number of fused-ring (bicyclic) bond motifs is 1. The number of nitrogens with one attached hydrogen (secondary N) is 3. The minimum absolute atomic E-state index is 0.0937. The molecular weight excluding hydrogens is 352 g/mol. The molecule has 0 aliphatic carbocycles. The number of carbonyl (C=O) groups is 3. The van der Waals surface area contributed by atoms with E-state index in [1.807, 2.05) is 11.8 Å². The molecule has 0 aromatic carbocycles. The second-order valence-corrected chi connectivity index (χ2v) is 8.54. The van der Waals surface area contributed by atoms with Crippen LogP contribution in [0, 0.1) is 5.92 Å². The fraction of sp³-hybridized carbons (Fsp3) is 0.833. The molecule has 7 nitrogen and oxygen atoms in total. The van der Waals surface area contributed by atoms with Crippen LogP contribution in [-0.4, -0.2) is 54.4 Å². The molecule has 4 atom stereocenters. The topological polar surface area (TPSA) is 113 Å². The first-order chi connectivity index (χ1) is 12.5.